The maximum atomic E-state index is 15.4. The van der Waals surface area contributed by atoms with Crippen LogP contribution in [0.2, 0.25) is 0 Å². The number of hydrogen-bond acceptors (Lipinski definition) is 7. The molecule has 1 aromatic heterocycles. The molecule has 1 fully saturated rings. The molecule has 2 aliphatic heterocycles. The SMILES string of the molecule is CC1COc2c(N3CCC(CC(C#N)NC(=O)OC(C)(C)C)C3)c(F)cc3c(=O)c(C(=O)O)cn1c23. The molecule has 0 saturated carbocycles. The van der Waals surface area contributed by atoms with Crippen molar-refractivity contribution >= 4 is 28.7 Å². The van der Waals surface area contributed by atoms with E-state index < -0.39 is 40.5 Å². The largest absolute Gasteiger partial charge is 0.487 e. The zero-order valence-corrected chi connectivity index (χ0v) is 20.6. The van der Waals surface area contributed by atoms with E-state index in [4.69, 9.17) is 9.47 Å². The van der Waals surface area contributed by atoms with Crippen LogP contribution in [0.5, 0.6) is 5.75 Å². The number of nitrogens with zero attached hydrogens (tertiary/aromatic N) is 3. The van der Waals surface area contributed by atoms with Crippen LogP contribution in [0, 0.1) is 23.1 Å². The van der Waals surface area contributed by atoms with Crippen molar-refractivity contribution in [3.63, 3.8) is 0 Å². The van der Waals surface area contributed by atoms with Gasteiger partial charge >= 0.3 is 12.1 Å². The third-order valence-electron chi connectivity index (χ3n) is 6.39. The van der Waals surface area contributed by atoms with Gasteiger partial charge in [0.1, 0.15) is 29.5 Å². The first kappa shape index (κ1) is 25.3. The van der Waals surface area contributed by atoms with E-state index in [9.17, 15) is 24.8 Å². The van der Waals surface area contributed by atoms with E-state index in [-0.39, 0.29) is 35.4 Å². The molecule has 11 heteroatoms. The number of nitrogens with one attached hydrogen (secondary N) is 1. The van der Waals surface area contributed by atoms with Crippen molar-refractivity contribution < 1.29 is 28.6 Å². The molecule has 10 nitrogen and oxygen atoms in total. The van der Waals surface area contributed by atoms with Gasteiger partial charge in [0.2, 0.25) is 5.43 Å². The van der Waals surface area contributed by atoms with Gasteiger partial charge in [0.05, 0.1) is 23.0 Å². The number of anilines is 1. The summed E-state index contributed by atoms with van der Waals surface area (Å²) in [6.07, 6.45) is 1.64. The Kier molecular flexibility index (Phi) is 6.56. The highest BCUT2D eigenvalue weighted by Gasteiger charge is 2.34. The third-order valence-corrected chi connectivity index (χ3v) is 6.39. The fourth-order valence-corrected chi connectivity index (χ4v) is 4.81. The molecule has 3 heterocycles. The molecule has 3 unspecified atom stereocenters. The van der Waals surface area contributed by atoms with Crippen molar-refractivity contribution in [2.45, 2.75) is 58.2 Å². The van der Waals surface area contributed by atoms with Gasteiger partial charge in [0, 0.05) is 19.3 Å². The van der Waals surface area contributed by atoms with Crippen LogP contribution >= 0.6 is 0 Å². The number of pyridine rings is 1. The molecular weight excluding hydrogens is 471 g/mol. The first-order chi connectivity index (χ1) is 16.9. The Hall–Kier alpha value is -3.81. The smallest absolute Gasteiger partial charge is 0.408 e. The number of aromatic nitrogens is 1. The average Bonchev–Trinajstić information content (AvgIpc) is 3.23. The van der Waals surface area contributed by atoms with Crippen LogP contribution < -0.4 is 20.4 Å². The predicted octanol–water partition coefficient (Wildman–Crippen LogP) is 3.43. The molecule has 0 aliphatic carbocycles. The summed E-state index contributed by atoms with van der Waals surface area (Å²) in [6.45, 7) is 8.12. The summed E-state index contributed by atoms with van der Waals surface area (Å²) in [5.41, 5.74) is -1.29. The second kappa shape index (κ2) is 9.33. The third kappa shape index (κ3) is 4.80. The van der Waals surface area contributed by atoms with Crippen LogP contribution in [0.1, 0.15) is 56.9 Å². The number of halogens is 1. The lowest BCUT2D eigenvalue weighted by molar-refractivity contribution is 0.0510. The van der Waals surface area contributed by atoms with Crippen molar-refractivity contribution in [2.75, 3.05) is 24.6 Å². The zero-order valence-electron chi connectivity index (χ0n) is 20.6. The summed E-state index contributed by atoms with van der Waals surface area (Å²) in [7, 11) is 0. The van der Waals surface area contributed by atoms with E-state index in [0.29, 0.717) is 31.4 Å². The van der Waals surface area contributed by atoms with Gasteiger partial charge in [-0.1, -0.05) is 0 Å². The van der Waals surface area contributed by atoms with E-state index >= 15 is 4.39 Å². The Balaban J connectivity index is 1.61. The molecule has 2 N–H and O–H groups in total. The van der Waals surface area contributed by atoms with Gasteiger partial charge < -0.3 is 29.4 Å². The van der Waals surface area contributed by atoms with Gasteiger partial charge in [0.15, 0.2) is 11.6 Å². The molecule has 2 aromatic rings. The number of rotatable bonds is 5. The summed E-state index contributed by atoms with van der Waals surface area (Å²) in [5, 5.41) is 21.5. The van der Waals surface area contributed by atoms with E-state index in [2.05, 4.69) is 11.4 Å². The fourth-order valence-electron chi connectivity index (χ4n) is 4.81. The number of nitriles is 1. The first-order valence-electron chi connectivity index (χ1n) is 11.8. The number of alkyl carbamates (subject to hydrolysis) is 1. The van der Waals surface area contributed by atoms with Crippen LogP contribution in [-0.2, 0) is 4.74 Å². The lowest BCUT2D eigenvalue weighted by Gasteiger charge is -2.31. The first-order valence-corrected chi connectivity index (χ1v) is 11.8. The van der Waals surface area contributed by atoms with Crippen molar-refractivity contribution in [1.82, 2.24) is 9.88 Å². The maximum Gasteiger partial charge on any atom is 0.408 e. The minimum absolute atomic E-state index is 0.00835. The molecule has 1 amide bonds. The Labute approximate surface area is 207 Å². The monoisotopic (exact) mass is 500 g/mol. The molecule has 1 aromatic carbocycles. The minimum atomic E-state index is -1.37. The molecule has 192 valence electrons. The lowest BCUT2D eigenvalue weighted by atomic mass is 10.00. The minimum Gasteiger partial charge on any atom is -0.487 e. The van der Waals surface area contributed by atoms with Gasteiger partial charge in [0.25, 0.3) is 0 Å². The Morgan fingerprint density at radius 1 is 1.42 bits per heavy atom. The number of benzene rings is 1. The Bertz CT molecular complexity index is 1330. The molecule has 0 bridgehead atoms. The molecular formula is C25H29FN4O6. The second-order valence-electron chi connectivity index (χ2n) is 10.3. The zero-order chi connectivity index (χ0) is 26.4. The molecule has 0 spiro atoms. The number of aromatic carboxylic acids is 1. The lowest BCUT2D eigenvalue weighted by Crippen LogP contribution is -2.39. The summed E-state index contributed by atoms with van der Waals surface area (Å²) in [6, 6.07) is 2.15. The van der Waals surface area contributed by atoms with Crippen LogP contribution in [0.25, 0.3) is 10.9 Å². The van der Waals surface area contributed by atoms with Gasteiger partial charge in [-0.05, 0) is 52.5 Å². The van der Waals surface area contributed by atoms with Crippen LogP contribution in [-0.4, -0.2) is 53.1 Å². The quantitative estimate of drug-likeness (QED) is 0.638. The van der Waals surface area contributed by atoms with Crippen molar-refractivity contribution in [3.05, 3.63) is 33.9 Å². The van der Waals surface area contributed by atoms with E-state index in [1.165, 1.54) is 6.20 Å². The predicted molar refractivity (Wildman–Crippen MR) is 129 cm³/mol. The molecule has 36 heavy (non-hydrogen) atoms. The number of carboxylic acid groups (broad SMARTS) is 1. The summed E-state index contributed by atoms with van der Waals surface area (Å²) in [5.74, 6) is -1.85. The summed E-state index contributed by atoms with van der Waals surface area (Å²) < 4.78 is 28.2. The fraction of sp³-hybridized carbons (Fsp3) is 0.520. The highest BCUT2D eigenvalue weighted by Crippen LogP contribution is 2.43. The van der Waals surface area contributed by atoms with Gasteiger partial charge in [-0.3, -0.25) is 4.79 Å². The maximum absolute atomic E-state index is 15.4. The standard InChI is InChI=1S/C25H29FN4O6/c1-13-12-35-22-19-16(21(31)17(23(32)33)11-30(13)19)8-18(26)20(22)29-6-5-14(10-29)7-15(9-27)28-24(34)36-25(2,3)4/h8,11,13-15H,5-7,10,12H2,1-4H3,(H,28,34)(H,32,33). The molecule has 3 atom stereocenters. The van der Waals surface area contributed by atoms with Gasteiger partial charge in [-0.2, -0.15) is 5.26 Å². The normalized spacial score (nSPS) is 19.9. The number of carbonyl (C=O) groups excluding carboxylic acids is 1. The van der Waals surface area contributed by atoms with Gasteiger partial charge in [-0.25, -0.2) is 14.0 Å². The Morgan fingerprint density at radius 2 is 2.14 bits per heavy atom. The number of hydrogen-bond donors (Lipinski definition) is 2. The van der Waals surface area contributed by atoms with E-state index in [1.54, 1.807) is 25.3 Å². The summed E-state index contributed by atoms with van der Waals surface area (Å²) in [4.78, 5) is 38.3. The highest BCUT2D eigenvalue weighted by molar-refractivity contribution is 5.97. The number of carboxylic acids is 1. The van der Waals surface area contributed by atoms with Crippen LogP contribution in [0.3, 0.4) is 0 Å². The summed E-state index contributed by atoms with van der Waals surface area (Å²) >= 11 is 0. The van der Waals surface area contributed by atoms with Crippen LogP contribution in [0.4, 0.5) is 14.9 Å². The van der Waals surface area contributed by atoms with E-state index in [1.807, 2.05) is 11.8 Å². The number of ether oxygens (including phenoxy) is 2. The number of carbonyl (C=O) groups is 2. The molecule has 0 radical (unpaired) electrons. The van der Waals surface area contributed by atoms with Gasteiger partial charge in [-0.15, -0.1) is 0 Å². The van der Waals surface area contributed by atoms with Crippen molar-refractivity contribution in [2.24, 2.45) is 5.92 Å². The molecule has 1 saturated heterocycles. The molecule has 4 rings (SSSR count). The number of amides is 1. The van der Waals surface area contributed by atoms with Crippen molar-refractivity contribution in [1.29, 1.82) is 5.26 Å². The van der Waals surface area contributed by atoms with E-state index in [0.717, 1.165) is 6.07 Å². The van der Waals surface area contributed by atoms with Crippen LogP contribution in [0.15, 0.2) is 17.1 Å². The Morgan fingerprint density at radius 3 is 2.78 bits per heavy atom. The van der Waals surface area contributed by atoms with Crippen molar-refractivity contribution in [3.8, 4) is 11.8 Å². The molecule has 2 aliphatic rings. The average molecular weight is 501 g/mol. The second-order valence-corrected chi connectivity index (χ2v) is 10.3. The highest BCUT2D eigenvalue weighted by atomic mass is 19.1. The topological polar surface area (TPSA) is 134 Å².